The van der Waals surface area contributed by atoms with Gasteiger partial charge in [0.1, 0.15) is 11.9 Å². The summed E-state index contributed by atoms with van der Waals surface area (Å²) < 4.78 is 6.21. The minimum absolute atomic E-state index is 0.0243. The summed E-state index contributed by atoms with van der Waals surface area (Å²) in [5.41, 5.74) is 15.9. The predicted molar refractivity (Wildman–Crippen MR) is 133 cm³/mol. The van der Waals surface area contributed by atoms with Gasteiger partial charge in [-0.3, -0.25) is 10.2 Å². The summed E-state index contributed by atoms with van der Waals surface area (Å²) in [6.07, 6.45) is 1.26. The van der Waals surface area contributed by atoms with E-state index in [0.717, 1.165) is 23.3 Å². The van der Waals surface area contributed by atoms with Gasteiger partial charge in [0.15, 0.2) is 6.29 Å². The first-order valence-electron chi connectivity index (χ1n) is 10.9. The van der Waals surface area contributed by atoms with E-state index in [9.17, 15) is 4.79 Å². The molecule has 0 aliphatic carbocycles. The monoisotopic (exact) mass is 442 g/mol. The van der Waals surface area contributed by atoms with Crippen LogP contribution in [0.3, 0.4) is 0 Å². The number of nitrogens with two attached hydrogens (primary N) is 2. The molecule has 6 N–H and O–H groups in total. The second-order valence-corrected chi connectivity index (χ2v) is 7.70. The van der Waals surface area contributed by atoms with Gasteiger partial charge in [-0.2, -0.15) is 0 Å². The first-order valence-corrected chi connectivity index (χ1v) is 10.9. The van der Waals surface area contributed by atoms with Gasteiger partial charge in [0.2, 0.25) is 0 Å². The number of nitrogens with one attached hydrogen (secondary N) is 2. The van der Waals surface area contributed by atoms with Gasteiger partial charge in [0.05, 0.1) is 17.5 Å². The number of nitrogen functional groups attached to an aromatic ring is 1. The Kier molecular flexibility index (Phi) is 8.00. The Balaban J connectivity index is 1.87. The molecule has 3 aromatic carbocycles. The largest absolute Gasteiger partial charge is 0.486 e. The highest BCUT2D eigenvalue weighted by molar-refractivity contribution is 6.13. The summed E-state index contributed by atoms with van der Waals surface area (Å²) in [5.74, 6) is 0.718. The molecular formula is C27H30N4O2. The lowest BCUT2D eigenvalue weighted by molar-refractivity contribution is -0.105. The maximum atomic E-state index is 11.6. The molecule has 0 radical (unpaired) electrons. The third-order valence-electron chi connectivity index (χ3n) is 5.49. The third kappa shape index (κ3) is 5.67. The molecule has 0 fully saturated rings. The van der Waals surface area contributed by atoms with Crippen molar-refractivity contribution in [1.29, 1.82) is 5.41 Å². The number of rotatable bonds is 10. The fourth-order valence-electron chi connectivity index (χ4n) is 3.81. The highest BCUT2D eigenvalue weighted by Crippen LogP contribution is 2.30. The number of allylic oxidation sites excluding steroid dienone is 1. The maximum Gasteiger partial charge on any atom is 0.166 e. The van der Waals surface area contributed by atoms with E-state index < -0.39 is 6.04 Å². The van der Waals surface area contributed by atoms with Crippen LogP contribution in [0, 0.1) is 5.41 Å². The molecule has 0 aliphatic rings. The number of hydrogen-bond donors (Lipinski definition) is 4. The van der Waals surface area contributed by atoms with Gasteiger partial charge >= 0.3 is 0 Å². The van der Waals surface area contributed by atoms with E-state index in [-0.39, 0.29) is 17.5 Å². The average Bonchev–Trinajstić information content (AvgIpc) is 2.86. The lowest BCUT2D eigenvalue weighted by Crippen LogP contribution is -2.27. The minimum Gasteiger partial charge on any atom is -0.486 e. The van der Waals surface area contributed by atoms with Crippen LogP contribution in [-0.2, 0) is 4.79 Å². The van der Waals surface area contributed by atoms with Crippen LogP contribution in [0.1, 0.15) is 42.2 Å². The summed E-state index contributed by atoms with van der Waals surface area (Å²) in [6, 6.07) is 24.1. The smallest absolute Gasteiger partial charge is 0.166 e. The van der Waals surface area contributed by atoms with E-state index >= 15 is 0 Å². The molecule has 3 aromatic rings. The van der Waals surface area contributed by atoms with Crippen LogP contribution in [0.25, 0.3) is 0 Å². The molecule has 33 heavy (non-hydrogen) atoms. The second-order valence-electron chi connectivity index (χ2n) is 7.70. The zero-order valence-corrected chi connectivity index (χ0v) is 18.9. The zero-order valence-electron chi connectivity index (χ0n) is 18.9. The Morgan fingerprint density at radius 1 is 1.03 bits per heavy atom. The van der Waals surface area contributed by atoms with Crippen LogP contribution in [0.4, 0.5) is 5.69 Å². The van der Waals surface area contributed by atoms with Crippen LogP contribution >= 0.6 is 0 Å². The number of aldehydes is 1. The van der Waals surface area contributed by atoms with Crippen molar-refractivity contribution in [3.8, 4) is 5.75 Å². The average molecular weight is 443 g/mol. The summed E-state index contributed by atoms with van der Waals surface area (Å²) in [4.78, 5) is 11.6. The van der Waals surface area contributed by atoms with Crippen LogP contribution in [0.2, 0.25) is 0 Å². The molecular weight excluding hydrogens is 412 g/mol. The predicted octanol–water partition coefficient (Wildman–Crippen LogP) is 4.54. The van der Waals surface area contributed by atoms with Gasteiger partial charge in [-0.15, -0.1) is 0 Å². The third-order valence-corrected chi connectivity index (χ3v) is 5.49. The molecule has 3 rings (SSSR count). The van der Waals surface area contributed by atoms with Crippen LogP contribution < -0.4 is 21.5 Å². The van der Waals surface area contributed by atoms with E-state index in [1.165, 1.54) is 0 Å². The molecule has 170 valence electrons. The van der Waals surface area contributed by atoms with Crippen molar-refractivity contribution in [2.75, 3.05) is 12.8 Å². The molecule has 2 unspecified atom stereocenters. The number of hydrogen-bond acceptors (Lipinski definition) is 6. The van der Waals surface area contributed by atoms with Gasteiger partial charge in [-0.25, -0.2) is 0 Å². The molecule has 0 amide bonds. The molecule has 6 nitrogen and oxygen atoms in total. The summed E-state index contributed by atoms with van der Waals surface area (Å²) in [7, 11) is 1.78. The fourth-order valence-corrected chi connectivity index (χ4v) is 3.81. The first-order chi connectivity index (χ1) is 16.0. The Morgan fingerprint density at radius 3 is 2.30 bits per heavy atom. The Labute approximate surface area is 194 Å². The second kappa shape index (κ2) is 11.1. The van der Waals surface area contributed by atoms with Crippen molar-refractivity contribution < 1.29 is 9.53 Å². The van der Waals surface area contributed by atoms with Crippen molar-refractivity contribution in [2.24, 2.45) is 5.73 Å². The minimum atomic E-state index is -0.437. The van der Waals surface area contributed by atoms with E-state index in [0.29, 0.717) is 23.1 Å². The van der Waals surface area contributed by atoms with Crippen LogP contribution in [0.15, 0.2) is 90.1 Å². The normalized spacial score (nSPS) is 13.5. The molecule has 0 spiro atoms. The van der Waals surface area contributed by atoms with Crippen LogP contribution in [0.5, 0.6) is 5.75 Å². The highest BCUT2D eigenvalue weighted by Gasteiger charge is 2.23. The molecule has 0 saturated heterocycles. The lowest BCUT2D eigenvalue weighted by Gasteiger charge is -2.23. The van der Waals surface area contributed by atoms with Gasteiger partial charge in [0.25, 0.3) is 0 Å². The van der Waals surface area contributed by atoms with E-state index in [4.69, 9.17) is 21.6 Å². The van der Waals surface area contributed by atoms with E-state index in [2.05, 4.69) is 12.2 Å². The SMILES string of the molecule is CCC(Oc1ccc(C(NC)/C(C(=N)c2ccccc2)=C(/N)C=O)cc1)c1cccc(N)c1. The number of ether oxygens (including phenoxy) is 1. The van der Waals surface area contributed by atoms with Crippen molar-refractivity contribution in [2.45, 2.75) is 25.5 Å². The zero-order chi connectivity index (χ0) is 23.8. The summed E-state index contributed by atoms with van der Waals surface area (Å²) in [6.45, 7) is 2.06. The van der Waals surface area contributed by atoms with Gasteiger partial charge in [0, 0.05) is 11.3 Å². The molecule has 2 atom stereocenters. The molecule has 0 aliphatic heterocycles. The molecule has 0 saturated carbocycles. The Hall–Kier alpha value is -3.90. The lowest BCUT2D eigenvalue weighted by atomic mass is 9.90. The summed E-state index contributed by atoms with van der Waals surface area (Å²) >= 11 is 0. The van der Waals surface area contributed by atoms with E-state index in [1.807, 2.05) is 78.9 Å². The fraction of sp³-hybridized carbons (Fsp3) is 0.185. The quantitative estimate of drug-likeness (QED) is 0.159. The van der Waals surface area contributed by atoms with E-state index in [1.54, 1.807) is 7.05 Å². The maximum absolute atomic E-state index is 11.6. The Bertz CT molecular complexity index is 1120. The van der Waals surface area contributed by atoms with Gasteiger partial charge in [-0.05, 0) is 54.4 Å². The molecule has 6 heteroatoms. The van der Waals surface area contributed by atoms with Crippen molar-refractivity contribution in [3.63, 3.8) is 0 Å². The number of carbonyl (C=O) groups excluding carboxylic acids is 1. The van der Waals surface area contributed by atoms with Crippen LogP contribution in [-0.4, -0.2) is 19.0 Å². The Morgan fingerprint density at radius 2 is 1.73 bits per heavy atom. The van der Waals surface area contributed by atoms with Gasteiger partial charge < -0.3 is 21.5 Å². The van der Waals surface area contributed by atoms with Crippen molar-refractivity contribution in [1.82, 2.24) is 5.32 Å². The van der Waals surface area contributed by atoms with Crippen molar-refractivity contribution >= 4 is 17.7 Å². The molecule has 0 aromatic heterocycles. The topological polar surface area (TPSA) is 114 Å². The van der Waals surface area contributed by atoms with Crippen molar-refractivity contribution in [3.05, 3.63) is 107 Å². The summed E-state index contributed by atoms with van der Waals surface area (Å²) in [5, 5.41) is 11.9. The number of likely N-dealkylation sites (N-methyl/N-ethyl adjacent to an activating group) is 1. The standard InChI is InChI=1S/C27H30N4O2/c1-3-24(20-10-7-11-21(28)16-20)33-22-14-12-19(13-15-22)27(31-2)25(23(29)17-32)26(30)18-8-5-4-6-9-18/h4-17,24,27,30-31H,3,28-29H2,1-2H3/b25-23+,30-26?. The highest BCUT2D eigenvalue weighted by atomic mass is 16.5. The number of carbonyl (C=O) groups is 1. The number of anilines is 1. The number of benzene rings is 3. The first kappa shape index (κ1) is 23.8. The van der Waals surface area contributed by atoms with Gasteiger partial charge in [-0.1, -0.05) is 61.5 Å². The molecule has 0 bridgehead atoms. The molecule has 0 heterocycles.